The van der Waals surface area contributed by atoms with Crippen LogP contribution in [0.5, 0.6) is 11.5 Å². The molecule has 1 saturated heterocycles. The van der Waals surface area contributed by atoms with Gasteiger partial charge in [0, 0.05) is 24.2 Å². The fourth-order valence-electron chi connectivity index (χ4n) is 3.67. The lowest BCUT2D eigenvalue weighted by Crippen LogP contribution is -2.28. The van der Waals surface area contributed by atoms with Gasteiger partial charge in [0.2, 0.25) is 10.0 Å². The molecule has 1 aliphatic heterocycles. The maximum atomic E-state index is 13.0. The van der Waals surface area contributed by atoms with E-state index in [2.05, 4.69) is 0 Å². The van der Waals surface area contributed by atoms with Crippen LogP contribution in [0.2, 0.25) is 0 Å². The number of nitrogens with zero attached hydrogens (tertiary/aromatic N) is 1. The molecule has 0 unspecified atom stereocenters. The molecule has 170 valence electrons. The first kappa shape index (κ1) is 22.7. The summed E-state index contributed by atoms with van der Waals surface area (Å²) in [7, 11) is -2.41. The number of esters is 1. The van der Waals surface area contributed by atoms with Gasteiger partial charge in [-0.2, -0.15) is 4.31 Å². The van der Waals surface area contributed by atoms with Crippen molar-refractivity contribution in [2.75, 3.05) is 20.2 Å². The number of hydrogen-bond donors (Lipinski definition) is 0. The minimum atomic E-state index is -3.79. The zero-order valence-corrected chi connectivity index (χ0v) is 18.9. The van der Waals surface area contributed by atoms with Crippen molar-refractivity contribution < 1.29 is 27.5 Å². The number of ketones is 1. The van der Waals surface area contributed by atoms with Crippen molar-refractivity contribution >= 4 is 21.8 Å². The Balaban J connectivity index is 1.53. The Kier molecular flexibility index (Phi) is 6.57. The molecule has 4 rings (SSSR count). The standard InChI is InChI=1S/C25H23NO6S/c1-31-22-14-11-20(17-23(22)33(29,30)26-15-5-6-16-26)25(28)32-21-12-9-19(10-13-21)24(27)18-7-3-2-4-8-18/h2-4,7-14,17H,5-6,15-16H2,1H3. The highest BCUT2D eigenvalue weighted by molar-refractivity contribution is 7.89. The number of ether oxygens (including phenoxy) is 2. The smallest absolute Gasteiger partial charge is 0.343 e. The number of benzene rings is 3. The van der Waals surface area contributed by atoms with Gasteiger partial charge in [-0.3, -0.25) is 4.79 Å². The molecule has 0 saturated carbocycles. The second kappa shape index (κ2) is 9.56. The van der Waals surface area contributed by atoms with Crippen LogP contribution in [0.1, 0.15) is 39.1 Å². The summed E-state index contributed by atoms with van der Waals surface area (Å²) < 4.78 is 38.1. The Morgan fingerprint density at radius 2 is 1.42 bits per heavy atom. The van der Waals surface area contributed by atoms with Crippen molar-refractivity contribution in [3.05, 3.63) is 89.5 Å². The van der Waals surface area contributed by atoms with E-state index in [1.165, 1.54) is 41.7 Å². The molecule has 0 amide bonds. The zero-order valence-electron chi connectivity index (χ0n) is 18.1. The van der Waals surface area contributed by atoms with Crippen molar-refractivity contribution in [3.8, 4) is 11.5 Å². The summed E-state index contributed by atoms with van der Waals surface area (Å²) in [5, 5.41) is 0. The molecule has 0 radical (unpaired) electrons. The molecule has 0 aliphatic carbocycles. The molecule has 0 N–H and O–H groups in total. The number of rotatable bonds is 7. The molecule has 33 heavy (non-hydrogen) atoms. The number of sulfonamides is 1. The summed E-state index contributed by atoms with van der Waals surface area (Å²) in [5.74, 6) is -0.440. The quantitative estimate of drug-likeness (QED) is 0.298. The van der Waals surface area contributed by atoms with Crippen LogP contribution in [-0.4, -0.2) is 44.7 Å². The van der Waals surface area contributed by atoms with Gasteiger partial charge < -0.3 is 9.47 Å². The lowest BCUT2D eigenvalue weighted by atomic mass is 10.0. The van der Waals surface area contributed by atoms with E-state index in [-0.39, 0.29) is 27.7 Å². The van der Waals surface area contributed by atoms with Crippen molar-refractivity contribution in [3.63, 3.8) is 0 Å². The van der Waals surface area contributed by atoms with Crippen molar-refractivity contribution in [2.24, 2.45) is 0 Å². The first-order chi connectivity index (χ1) is 15.9. The van der Waals surface area contributed by atoms with Gasteiger partial charge in [0.25, 0.3) is 0 Å². The first-order valence-corrected chi connectivity index (χ1v) is 11.9. The van der Waals surface area contributed by atoms with E-state index in [4.69, 9.17) is 9.47 Å². The van der Waals surface area contributed by atoms with E-state index < -0.39 is 16.0 Å². The largest absolute Gasteiger partial charge is 0.495 e. The Labute approximate surface area is 192 Å². The highest BCUT2D eigenvalue weighted by atomic mass is 32.2. The molecular formula is C25H23NO6S. The van der Waals surface area contributed by atoms with Gasteiger partial charge in [-0.25, -0.2) is 13.2 Å². The maximum Gasteiger partial charge on any atom is 0.343 e. The third kappa shape index (κ3) is 4.81. The highest BCUT2D eigenvalue weighted by Gasteiger charge is 2.31. The van der Waals surface area contributed by atoms with Crippen LogP contribution >= 0.6 is 0 Å². The van der Waals surface area contributed by atoms with Crippen molar-refractivity contribution in [2.45, 2.75) is 17.7 Å². The summed E-state index contributed by atoms with van der Waals surface area (Å²) >= 11 is 0. The fraction of sp³-hybridized carbons (Fsp3) is 0.200. The summed E-state index contributed by atoms with van der Waals surface area (Å²) in [6.07, 6.45) is 1.60. The third-order valence-corrected chi connectivity index (χ3v) is 7.37. The Hall–Kier alpha value is -3.49. The van der Waals surface area contributed by atoms with E-state index >= 15 is 0 Å². The van der Waals surface area contributed by atoms with Crippen LogP contribution in [0, 0.1) is 0 Å². The normalized spacial score (nSPS) is 14.1. The van der Waals surface area contributed by atoms with Crippen LogP contribution in [0.4, 0.5) is 0 Å². The van der Waals surface area contributed by atoms with E-state index in [9.17, 15) is 18.0 Å². The number of carbonyl (C=O) groups excluding carboxylic acids is 2. The summed E-state index contributed by atoms with van der Waals surface area (Å²) in [6.45, 7) is 0.877. The number of hydrogen-bond acceptors (Lipinski definition) is 6. The topological polar surface area (TPSA) is 90.0 Å². The molecule has 3 aromatic carbocycles. The predicted molar refractivity (Wildman–Crippen MR) is 122 cm³/mol. The van der Waals surface area contributed by atoms with Gasteiger partial charge in [-0.15, -0.1) is 0 Å². The minimum Gasteiger partial charge on any atom is -0.495 e. The number of carbonyl (C=O) groups is 2. The molecule has 0 spiro atoms. The Morgan fingerprint density at radius 3 is 2.06 bits per heavy atom. The number of methoxy groups -OCH3 is 1. The molecular weight excluding hydrogens is 442 g/mol. The van der Waals surface area contributed by atoms with E-state index in [0.29, 0.717) is 24.2 Å². The van der Waals surface area contributed by atoms with Crippen LogP contribution in [0.25, 0.3) is 0 Å². The third-order valence-electron chi connectivity index (χ3n) is 5.45. The van der Waals surface area contributed by atoms with E-state index in [1.54, 1.807) is 36.4 Å². The molecule has 1 aliphatic rings. The zero-order chi connectivity index (χ0) is 23.4. The average molecular weight is 466 g/mol. The summed E-state index contributed by atoms with van der Waals surface area (Å²) in [5.41, 5.74) is 1.11. The lowest BCUT2D eigenvalue weighted by Gasteiger charge is -2.18. The second-order valence-electron chi connectivity index (χ2n) is 7.59. The monoisotopic (exact) mass is 465 g/mol. The van der Waals surface area contributed by atoms with Crippen LogP contribution in [0.3, 0.4) is 0 Å². The minimum absolute atomic E-state index is 0.0647. The average Bonchev–Trinajstić information content (AvgIpc) is 3.40. The molecule has 8 heteroatoms. The van der Waals surface area contributed by atoms with Gasteiger partial charge >= 0.3 is 5.97 Å². The lowest BCUT2D eigenvalue weighted by molar-refractivity contribution is 0.0734. The van der Waals surface area contributed by atoms with E-state index in [0.717, 1.165) is 12.8 Å². The summed E-state index contributed by atoms with van der Waals surface area (Å²) in [4.78, 5) is 25.2. The molecule has 0 bridgehead atoms. The van der Waals surface area contributed by atoms with Crippen LogP contribution in [-0.2, 0) is 10.0 Å². The van der Waals surface area contributed by atoms with Crippen molar-refractivity contribution in [1.29, 1.82) is 0 Å². The molecule has 7 nitrogen and oxygen atoms in total. The Bertz CT molecular complexity index is 1260. The maximum absolute atomic E-state index is 13.0. The van der Waals surface area contributed by atoms with Gasteiger partial charge in [0.05, 0.1) is 12.7 Å². The van der Waals surface area contributed by atoms with Crippen LogP contribution in [0.15, 0.2) is 77.7 Å². The summed E-state index contributed by atoms with van der Waals surface area (Å²) in [6, 6.07) is 19.3. The molecule has 0 aromatic heterocycles. The highest BCUT2D eigenvalue weighted by Crippen LogP contribution is 2.30. The van der Waals surface area contributed by atoms with Crippen molar-refractivity contribution in [1.82, 2.24) is 4.31 Å². The van der Waals surface area contributed by atoms with Crippen LogP contribution < -0.4 is 9.47 Å². The molecule has 1 heterocycles. The van der Waals surface area contributed by atoms with Gasteiger partial charge in [0.15, 0.2) is 5.78 Å². The van der Waals surface area contributed by atoms with E-state index in [1.807, 2.05) is 6.07 Å². The second-order valence-corrected chi connectivity index (χ2v) is 9.49. The SMILES string of the molecule is COc1ccc(C(=O)Oc2ccc(C(=O)c3ccccc3)cc2)cc1S(=O)(=O)N1CCCC1. The molecule has 1 fully saturated rings. The molecule has 3 aromatic rings. The first-order valence-electron chi connectivity index (χ1n) is 10.5. The molecule has 0 atom stereocenters. The van der Waals surface area contributed by atoms with Gasteiger partial charge in [-0.05, 0) is 55.3 Å². The Morgan fingerprint density at radius 1 is 0.818 bits per heavy atom. The van der Waals surface area contributed by atoms with Gasteiger partial charge in [-0.1, -0.05) is 30.3 Å². The predicted octanol–water partition coefficient (Wildman–Crippen LogP) is 3.93. The fourth-order valence-corrected chi connectivity index (χ4v) is 5.37. The van der Waals surface area contributed by atoms with Gasteiger partial charge in [0.1, 0.15) is 16.4 Å².